The Hall–Kier alpha value is -3.86. The molecule has 5 heteroatoms. The molecule has 182 valence electrons. The number of para-hydroxylation sites is 2. The van der Waals surface area contributed by atoms with Crippen molar-refractivity contribution in [3.05, 3.63) is 102 Å². The summed E-state index contributed by atoms with van der Waals surface area (Å²) in [5.41, 5.74) is 4.64. The monoisotopic (exact) mass is 470 g/mol. The number of amides is 2. The molecule has 0 bridgehead atoms. The summed E-state index contributed by atoms with van der Waals surface area (Å²) in [5, 5.41) is 2.98. The van der Waals surface area contributed by atoms with Crippen LogP contribution in [0.4, 0.5) is 5.69 Å². The van der Waals surface area contributed by atoms with Gasteiger partial charge in [-0.2, -0.15) is 0 Å². The highest BCUT2D eigenvalue weighted by Gasteiger charge is 2.29. The molecule has 3 aromatic rings. The number of ether oxygens (including phenoxy) is 1. The number of carbonyl (C=O) groups excluding carboxylic acids is 2. The van der Waals surface area contributed by atoms with Crippen molar-refractivity contribution in [3.8, 4) is 5.75 Å². The number of benzene rings is 3. The molecule has 35 heavy (non-hydrogen) atoms. The van der Waals surface area contributed by atoms with E-state index in [1.165, 1.54) is 4.90 Å². The normalized spacial score (nSPS) is 13.0. The van der Waals surface area contributed by atoms with Crippen molar-refractivity contribution in [2.75, 3.05) is 18.6 Å². The number of anilines is 1. The highest BCUT2D eigenvalue weighted by Crippen LogP contribution is 2.23. The zero-order chi connectivity index (χ0) is 25.4. The Morgan fingerprint density at radius 2 is 1.49 bits per heavy atom. The summed E-state index contributed by atoms with van der Waals surface area (Å²) in [6.45, 7) is 8.09. The second-order valence-electron chi connectivity index (χ2n) is 8.87. The summed E-state index contributed by atoms with van der Waals surface area (Å²) in [5.74, 6) is -0.814. The zero-order valence-electron chi connectivity index (χ0n) is 21.1. The van der Waals surface area contributed by atoms with Crippen LogP contribution in [0.2, 0.25) is 0 Å². The highest BCUT2D eigenvalue weighted by molar-refractivity contribution is 6.09. The van der Waals surface area contributed by atoms with E-state index in [-0.39, 0.29) is 17.9 Å². The molecule has 0 fully saturated rings. The SMILES string of the molecule is C/C(=C\C(C(=O)NC(C)COc1c(C)cccc1C)C(=O)N(C)c1ccccc1)c1ccccc1. The van der Waals surface area contributed by atoms with E-state index in [2.05, 4.69) is 5.32 Å². The lowest BCUT2D eigenvalue weighted by atomic mass is 9.98. The zero-order valence-corrected chi connectivity index (χ0v) is 21.1. The average molecular weight is 471 g/mol. The van der Waals surface area contributed by atoms with Gasteiger partial charge in [0.2, 0.25) is 11.8 Å². The number of rotatable bonds is 9. The molecule has 2 amide bonds. The third-order valence-electron chi connectivity index (χ3n) is 5.94. The van der Waals surface area contributed by atoms with Crippen molar-refractivity contribution in [3.63, 3.8) is 0 Å². The molecule has 1 N–H and O–H groups in total. The Bertz CT molecular complexity index is 1150. The van der Waals surface area contributed by atoms with Crippen LogP contribution < -0.4 is 15.0 Å². The van der Waals surface area contributed by atoms with Crippen LogP contribution in [0.25, 0.3) is 5.57 Å². The minimum Gasteiger partial charge on any atom is -0.491 e. The summed E-state index contributed by atoms with van der Waals surface area (Å²) < 4.78 is 6.01. The Morgan fingerprint density at radius 1 is 0.914 bits per heavy atom. The van der Waals surface area contributed by atoms with Crippen molar-refractivity contribution in [1.29, 1.82) is 0 Å². The molecule has 3 rings (SSSR count). The Balaban J connectivity index is 1.79. The molecule has 0 aliphatic rings. The van der Waals surface area contributed by atoms with Gasteiger partial charge in [0.25, 0.3) is 0 Å². The van der Waals surface area contributed by atoms with Crippen LogP contribution in [0.5, 0.6) is 5.75 Å². The minimum atomic E-state index is -0.983. The van der Waals surface area contributed by atoms with Gasteiger partial charge in [0.1, 0.15) is 18.3 Å². The van der Waals surface area contributed by atoms with Gasteiger partial charge in [0, 0.05) is 12.7 Å². The maximum atomic E-state index is 13.5. The van der Waals surface area contributed by atoms with E-state index in [0.29, 0.717) is 6.61 Å². The van der Waals surface area contributed by atoms with Gasteiger partial charge in [-0.15, -0.1) is 0 Å². The van der Waals surface area contributed by atoms with Crippen molar-refractivity contribution in [2.24, 2.45) is 5.92 Å². The average Bonchev–Trinajstić information content (AvgIpc) is 2.87. The molecule has 0 spiro atoms. The van der Waals surface area contributed by atoms with E-state index in [1.807, 2.05) is 107 Å². The lowest BCUT2D eigenvalue weighted by Gasteiger charge is -2.24. The van der Waals surface area contributed by atoms with Crippen molar-refractivity contribution in [2.45, 2.75) is 33.7 Å². The van der Waals surface area contributed by atoms with Crippen LogP contribution in [-0.2, 0) is 9.59 Å². The summed E-state index contributed by atoms with van der Waals surface area (Å²) in [4.78, 5) is 28.4. The van der Waals surface area contributed by atoms with Crippen LogP contribution in [0.15, 0.2) is 84.9 Å². The summed E-state index contributed by atoms with van der Waals surface area (Å²) in [6, 6.07) is 24.8. The first-order valence-corrected chi connectivity index (χ1v) is 11.8. The first-order valence-electron chi connectivity index (χ1n) is 11.8. The summed E-state index contributed by atoms with van der Waals surface area (Å²) in [6.07, 6.45) is 1.74. The van der Waals surface area contributed by atoms with Crippen LogP contribution in [-0.4, -0.2) is 31.5 Å². The molecule has 0 saturated heterocycles. The molecule has 2 unspecified atom stereocenters. The molecule has 2 atom stereocenters. The first kappa shape index (κ1) is 25.8. The standard InChI is InChI=1S/C30H34N2O3/c1-21-13-12-14-22(2)28(21)35-20-24(4)31-29(33)27(19-23(3)25-15-8-6-9-16-25)30(34)32(5)26-17-10-7-11-18-26/h6-19,24,27H,20H2,1-5H3,(H,31,33)/b23-19+. The second kappa shape index (κ2) is 12.0. The third-order valence-corrected chi connectivity index (χ3v) is 5.94. The van der Waals surface area contributed by atoms with Gasteiger partial charge in [-0.25, -0.2) is 0 Å². The number of allylic oxidation sites excluding steroid dienone is 1. The number of aryl methyl sites for hydroxylation is 2. The predicted octanol–water partition coefficient (Wildman–Crippen LogP) is 5.57. The van der Waals surface area contributed by atoms with Gasteiger partial charge < -0.3 is 15.0 Å². The Morgan fingerprint density at radius 3 is 2.09 bits per heavy atom. The quantitative estimate of drug-likeness (QED) is 0.416. The fourth-order valence-corrected chi connectivity index (χ4v) is 3.90. The van der Waals surface area contributed by atoms with Gasteiger partial charge in [0.05, 0.1) is 6.04 Å². The van der Waals surface area contributed by atoms with E-state index >= 15 is 0 Å². The van der Waals surface area contributed by atoms with Crippen LogP contribution in [0, 0.1) is 19.8 Å². The molecule has 3 aromatic carbocycles. The Kier molecular flexibility index (Phi) is 8.85. The first-order chi connectivity index (χ1) is 16.8. The van der Waals surface area contributed by atoms with E-state index in [9.17, 15) is 9.59 Å². The minimum absolute atomic E-state index is 0.288. The topological polar surface area (TPSA) is 58.6 Å². The fraction of sp³-hybridized carbons (Fsp3) is 0.267. The van der Waals surface area contributed by atoms with Gasteiger partial charge in [-0.05, 0) is 62.1 Å². The van der Waals surface area contributed by atoms with Crippen LogP contribution in [0.3, 0.4) is 0 Å². The third kappa shape index (κ3) is 6.82. The largest absolute Gasteiger partial charge is 0.491 e. The number of hydrogen-bond donors (Lipinski definition) is 1. The van der Waals surface area contributed by atoms with Crippen LogP contribution in [0.1, 0.15) is 30.5 Å². The van der Waals surface area contributed by atoms with Gasteiger partial charge in [-0.1, -0.05) is 72.8 Å². The number of nitrogens with one attached hydrogen (secondary N) is 1. The molecule has 0 heterocycles. The molecular formula is C30H34N2O3. The maximum Gasteiger partial charge on any atom is 0.243 e. The lowest BCUT2D eigenvalue weighted by Crippen LogP contribution is -2.45. The van der Waals surface area contributed by atoms with Crippen molar-refractivity contribution >= 4 is 23.1 Å². The molecular weight excluding hydrogens is 436 g/mol. The molecule has 5 nitrogen and oxygen atoms in total. The van der Waals surface area contributed by atoms with E-state index in [1.54, 1.807) is 13.1 Å². The smallest absolute Gasteiger partial charge is 0.243 e. The fourth-order valence-electron chi connectivity index (χ4n) is 3.90. The molecule has 0 saturated carbocycles. The predicted molar refractivity (Wildman–Crippen MR) is 142 cm³/mol. The van der Waals surface area contributed by atoms with Gasteiger partial charge in [0.15, 0.2) is 0 Å². The molecule has 0 aliphatic carbocycles. The van der Waals surface area contributed by atoms with E-state index in [4.69, 9.17) is 4.74 Å². The van der Waals surface area contributed by atoms with Crippen LogP contribution >= 0.6 is 0 Å². The lowest BCUT2D eigenvalue weighted by molar-refractivity contribution is -0.132. The molecule has 0 aliphatic heterocycles. The van der Waals surface area contributed by atoms with Crippen molar-refractivity contribution < 1.29 is 14.3 Å². The Labute approximate surface area is 208 Å². The summed E-state index contributed by atoms with van der Waals surface area (Å²) in [7, 11) is 1.69. The number of carbonyl (C=O) groups is 2. The molecule has 0 radical (unpaired) electrons. The number of nitrogens with zero attached hydrogens (tertiary/aromatic N) is 1. The highest BCUT2D eigenvalue weighted by atomic mass is 16.5. The number of hydrogen-bond acceptors (Lipinski definition) is 3. The van der Waals surface area contributed by atoms with Crippen molar-refractivity contribution in [1.82, 2.24) is 5.32 Å². The second-order valence-corrected chi connectivity index (χ2v) is 8.87. The maximum absolute atomic E-state index is 13.5. The van der Waals surface area contributed by atoms with E-state index < -0.39 is 5.92 Å². The summed E-state index contributed by atoms with van der Waals surface area (Å²) >= 11 is 0. The van der Waals surface area contributed by atoms with Gasteiger partial charge in [-0.3, -0.25) is 9.59 Å². The van der Waals surface area contributed by atoms with E-state index in [0.717, 1.165) is 33.7 Å². The van der Waals surface area contributed by atoms with Gasteiger partial charge >= 0.3 is 0 Å². The molecule has 0 aromatic heterocycles.